The van der Waals surface area contributed by atoms with Gasteiger partial charge in [0.25, 0.3) is 0 Å². The minimum absolute atomic E-state index is 0.00555. The number of alkyl halides is 2. The van der Waals surface area contributed by atoms with Crippen molar-refractivity contribution in [3.05, 3.63) is 47.4 Å². The zero-order valence-corrected chi connectivity index (χ0v) is 24.9. The summed E-state index contributed by atoms with van der Waals surface area (Å²) in [4.78, 5) is 18.0. The fourth-order valence-electron chi connectivity index (χ4n) is 7.98. The summed E-state index contributed by atoms with van der Waals surface area (Å²) in [6, 6.07) is 5.15. The van der Waals surface area contributed by atoms with Gasteiger partial charge < -0.3 is 14.7 Å². The molecule has 8 rings (SSSR count). The number of phenolic OH excluding ortho intramolecular Hbond substituents is 1. The second-order valence-corrected chi connectivity index (χ2v) is 12.9. The quantitative estimate of drug-likeness (QED) is 0.266. The smallest absolute Gasteiger partial charge is 0.319 e. The topological polar surface area (TPSA) is 74.6 Å². The molecule has 1 aliphatic carbocycles. The molecule has 45 heavy (non-hydrogen) atoms. The molecule has 3 saturated heterocycles. The highest BCUT2D eigenvalue weighted by Crippen LogP contribution is 2.48. The first-order chi connectivity index (χ1) is 22.5. The maximum absolute atomic E-state index is 15.1. The Morgan fingerprint density at radius 2 is 2.07 bits per heavy atom. The van der Waals surface area contributed by atoms with Gasteiger partial charge in [-0.2, -0.15) is 9.97 Å². The van der Waals surface area contributed by atoms with Gasteiger partial charge in [-0.3, -0.25) is 9.88 Å². The van der Waals surface area contributed by atoms with E-state index in [1.54, 1.807) is 13.1 Å². The molecule has 2 aromatic heterocycles. The number of hydrogen-bond acceptors (Lipinski definition) is 7. The van der Waals surface area contributed by atoms with Crippen molar-refractivity contribution in [3.63, 3.8) is 0 Å². The number of fused-ring (bicyclic) bond motifs is 4. The predicted octanol–water partition coefficient (Wildman–Crippen LogP) is 6.26. The molecule has 10 heteroatoms. The number of benzene rings is 2. The molecular formula is C35H34F3N5O2. The van der Waals surface area contributed by atoms with Crippen LogP contribution >= 0.6 is 0 Å². The average molecular weight is 616 g/mol. The number of phenols is 1. The maximum Gasteiger partial charge on any atom is 0.319 e. The van der Waals surface area contributed by atoms with Gasteiger partial charge in [-0.25, -0.2) is 13.2 Å². The highest BCUT2D eigenvalue weighted by molar-refractivity contribution is 6.04. The van der Waals surface area contributed by atoms with Crippen LogP contribution in [-0.4, -0.2) is 75.1 Å². The van der Waals surface area contributed by atoms with Gasteiger partial charge in [-0.15, -0.1) is 6.42 Å². The second-order valence-electron chi connectivity index (χ2n) is 12.9. The molecular weight excluding hydrogens is 579 g/mol. The van der Waals surface area contributed by atoms with Gasteiger partial charge in [0.2, 0.25) is 0 Å². The first kappa shape index (κ1) is 26.1. The molecule has 3 aliphatic heterocycles. The van der Waals surface area contributed by atoms with Crippen molar-refractivity contribution in [2.24, 2.45) is 5.92 Å². The van der Waals surface area contributed by atoms with E-state index in [2.05, 4.69) is 5.92 Å². The maximum atomic E-state index is 15.1. The van der Waals surface area contributed by atoms with Crippen LogP contribution in [0.5, 0.6) is 11.8 Å². The Bertz CT molecular complexity index is 1990. The summed E-state index contributed by atoms with van der Waals surface area (Å²) in [5.41, 5.74) is 0.549. The number of rotatable bonds is 5. The molecule has 4 aliphatic rings. The van der Waals surface area contributed by atoms with E-state index < -0.39 is 30.3 Å². The molecule has 0 amide bonds. The molecule has 0 radical (unpaired) electrons. The molecule has 232 valence electrons. The van der Waals surface area contributed by atoms with Gasteiger partial charge in [-0.05, 0) is 62.7 Å². The summed E-state index contributed by atoms with van der Waals surface area (Å²) in [6.45, 7) is 0.710. The third-order valence-electron chi connectivity index (χ3n) is 10.2. The third-order valence-corrected chi connectivity index (χ3v) is 10.2. The van der Waals surface area contributed by atoms with Crippen molar-refractivity contribution in [2.45, 2.75) is 69.4 Å². The number of anilines is 1. The molecule has 1 N–H and O–H groups in total. The highest BCUT2D eigenvalue weighted by Gasteiger charge is 2.55. The van der Waals surface area contributed by atoms with Crippen molar-refractivity contribution in [1.82, 2.24) is 19.9 Å². The Morgan fingerprint density at radius 1 is 1.20 bits per heavy atom. The molecule has 7 nitrogen and oxygen atoms in total. The first-order valence-electron chi connectivity index (χ1n) is 16.6. The second kappa shape index (κ2) is 10.5. The van der Waals surface area contributed by atoms with E-state index in [-0.39, 0.29) is 42.2 Å². The lowest BCUT2D eigenvalue weighted by Crippen LogP contribution is -2.43. The minimum Gasteiger partial charge on any atom is -0.508 e. The van der Waals surface area contributed by atoms with Crippen LogP contribution in [0.2, 0.25) is 0 Å². The standard InChI is InChI=1S/C35H34F3N5O2/c1-3-23-27(37)9-8-20-13-22(44)14-25(28(20)23)30-19(2)31-26(16-39-30)33(43-12-5-4-7-24-29(38)32(24)43)41-34(40-31)45-18-35-10-6-11-42(35)17-21(36)15-35/h1,8-9,13-14,16,21,24,29,32,44H,4-7,10-12,15,17-18H2,2H3/t21-,24+,29+,32+,35+/m1/s1/i18D2. The normalized spacial score (nSPS) is 28.7. The van der Waals surface area contributed by atoms with Crippen LogP contribution in [0.4, 0.5) is 19.0 Å². The summed E-state index contributed by atoms with van der Waals surface area (Å²) >= 11 is 0. The van der Waals surface area contributed by atoms with E-state index in [1.165, 1.54) is 24.3 Å². The van der Waals surface area contributed by atoms with Crippen LogP contribution < -0.4 is 9.64 Å². The summed E-state index contributed by atoms with van der Waals surface area (Å²) in [5, 5.41) is 12.1. The zero-order chi connectivity index (χ0) is 32.8. The highest BCUT2D eigenvalue weighted by atomic mass is 19.1. The largest absolute Gasteiger partial charge is 0.508 e. The lowest BCUT2D eigenvalue weighted by molar-refractivity contribution is 0.107. The van der Waals surface area contributed by atoms with Gasteiger partial charge >= 0.3 is 6.01 Å². The molecule has 0 unspecified atom stereocenters. The van der Waals surface area contributed by atoms with Crippen molar-refractivity contribution >= 4 is 27.5 Å². The number of aryl methyl sites for hydroxylation is 1. The van der Waals surface area contributed by atoms with E-state index in [0.717, 1.165) is 25.7 Å². The van der Waals surface area contributed by atoms with Crippen LogP contribution in [0.1, 0.15) is 52.4 Å². The molecule has 5 atom stereocenters. The van der Waals surface area contributed by atoms with E-state index in [1.807, 2.05) is 9.80 Å². The zero-order valence-electron chi connectivity index (χ0n) is 26.9. The van der Waals surface area contributed by atoms with Crippen molar-refractivity contribution in [2.75, 3.05) is 31.1 Å². The van der Waals surface area contributed by atoms with Crippen LogP contribution in [0.15, 0.2) is 30.5 Å². The molecule has 5 heterocycles. The number of terminal acetylenes is 1. The van der Waals surface area contributed by atoms with Crippen molar-refractivity contribution < 1.29 is 25.8 Å². The van der Waals surface area contributed by atoms with Gasteiger partial charge in [0, 0.05) is 48.1 Å². The van der Waals surface area contributed by atoms with Crippen LogP contribution in [0.3, 0.4) is 0 Å². The number of aromatic nitrogens is 3. The first-order valence-corrected chi connectivity index (χ1v) is 15.6. The SMILES string of the molecule is [2H]C([2H])(Oc1nc(N2CCCC[C@H]3[C@H](F)[C@H]32)c2cnc(-c3cc(O)cc4ccc(F)c(C#C)c34)c(C)c2n1)[C@@]12CCCN1C[C@H](F)C2. The van der Waals surface area contributed by atoms with Gasteiger partial charge in [-0.1, -0.05) is 18.4 Å². The van der Waals surface area contributed by atoms with Gasteiger partial charge in [0.05, 0.1) is 36.5 Å². The van der Waals surface area contributed by atoms with E-state index in [9.17, 15) is 13.9 Å². The number of ether oxygens (including phenoxy) is 1. The van der Waals surface area contributed by atoms with Crippen molar-refractivity contribution in [3.8, 4) is 35.4 Å². The lowest BCUT2D eigenvalue weighted by Gasteiger charge is -2.31. The molecule has 0 spiro atoms. The monoisotopic (exact) mass is 615 g/mol. The molecule has 4 aromatic rings. The third kappa shape index (κ3) is 4.50. The Balaban J connectivity index is 1.32. The molecule has 1 saturated carbocycles. The fraction of sp³-hybridized carbons (Fsp3) is 0.457. The van der Waals surface area contributed by atoms with E-state index >= 15 is 4.39 Å². The number of aromatic hydroxyl groups is 1. The fourth-order valence-corrected chi connectivity index (χ4v) is 7.98. The summed E-state index contributed by atoms with van der Waals surface area (Å²) in [7, 11) is 0. The van der Waals surface area contributed by atoms with Crippen molar-refractivity contribution in [1.29, 1.82) is 0 Å². The Morgan fingerprint density at radius 3 is 2.91 bits per heavy atom. The molecule has 4 fully saturated rings. The van der Waals surface area contributed by atoms with Gasteiger partial charge in [0.15, 0.2) is 0 Å². The minimum atomic E-state index is -2.33. The number of hydrogen-bond donors (Lipinski definition) is 1. The van der Waals surface area contributed by atoms with E-state index in [0.29, 0.717) is 63.8 Å². The van der Waals surface area contributed by atoms with E-state index in [4.69, 9.17) is 28.9 Å². The number of halogens is 3. The lowest BCUT2D eigenvalue weighted by atomic mass is 9.94. The average Bonchev–Trinajstić information content (AvgIpc) is 3.39. The number of nitrogens with zero attached hydrogens (tertiary/aromatic N) is 5. The summed E-state index contributed by atoms with van der Waals surface area (Å²) in [6.07, 6.45) is 8.80. The van der Waals surface area contributed by atoms with Crippen LogP contribution in [0, 0.1) is 31.0 Å². The molecule has 2 aromatic carbocycles. The number of pyridine rings is 1. The Kier molecular flexibility index (Phi) is 6.09. The predicted molar refractivity (Wildman–Crippen MR) is 166 cm³/mol. The van der Waals surface area contributed by atoms with Gasteiger partial charge in [0.1, 0.15) is 36.3 Å². The summed E-state index contributed by atoms with van der Waals surface area (Å²) in [5.74, 6) is 2.06. The molecule has 0 bridgehead atoms. The summed E-state index contributed by atoms with van der Waals surface area (Å²) < 4.78 is 69.0. The Hall–Kier alpha value is -4.10. The Labute approximate surface area is 262 Å². The van der Waals surface area contributed by atoms with Crippen LogP contribution in [-0.2, 0) is 0 Å². The van der Waals surface area contributed by atoms with Crippen LogP contribution in [0.25, 0.3) is 32.9 Å².